The SMILES string of the molecule is C=Cc1c(C=C)n2c3ccccc3c3c4c(C=C)c(/C=C\C)n5c6ccccc6c(c1c32)c45.CC.CC.CC.CC.CC.CC. The number of nitrogens with zero attached hydrogens (tertiary/aromatic N) is 2. The molecule has 7 rings (SSSR count). The third-order valence-electron chi connectivity index (χ3n) is 7.22. The van der Waals surface area contributed by atoms with Crippen LogP contribution in [-0.2, 0) is 0 Å². The average molecular weight is 603 g/mol. The van der Waals surface area contributed by atoms with Gasteiger partial charge in [-0.3, -0.25) is 0 Å². The molecule has 0 bridgehead atoms. The summed E-state index contributed by atoms with van der Waals surface area (Å²) in [6, 6.07) is 17.4. The Hall–Kier alpha value is -4.30. The summed E-state index contributed by atoms with van der Waals surface area (Å²) in [5.74, 6) is 0. The fraction of sp³-hybridized carbons (Fsp3) is 0.302. The van der Waals surface area contributed by atoms with E-state index in [1.807, 2.05) is 101 Å². The van der Waals surface area contributed by atoms with Crippen molar-refractivity contribution in [2.45, 2.75) is 90.0 Å². The Labute approximate surface area is 273 Å². The van der Waals surface area contributed by atoms with Gasteiger partial charge in [0, 0.05) is 43.4 Å². The number of fused-ring (bicyclic) bond motifs is 8. The van der Waals surface area contributed by atoms with Gasteiger partial charge in [0.15, 0.2) is 0 Å². The minimum absolute atomic E-state index is 1.10. The topological polar surface area (TPSA) is 8.82 Å². The number of aromatic nitrogens is 2. The van der Waals surface area contributed by atoms with Crippen LogP contribution < -0.4 is 0 Å². The second-order valence-corrected chi connectivity index (χ2v) is 8.61. The zero-order valence-electron chi connectivity index (χ0n) is 30.5. The molecule has 0 saturated heterocycles. The van der Waals surface area contributed by atoms with Crippen molar-refractivity contribution in [2.24, 2.45) is 0 Å². The molecule has 4 heterocycles. The molecule has 0 spiro atoms. The summed E-state index contributed by atoms with van der Waals surface area (Å²) in [6.45, 7) is 38.7. The zero-order valence-corrected chi connectivity index (χ0v) is 30.5. The molecular weight excluding hydrogens is 544 g/mol. The van der Waals surface area contributed by atoms with E-state index in [0.29, 0.717) is 0 Å². The molecule has 0 aliphatic heterocycles. The highest BCUT2D eigenvalue weighted by Gasteiger charge is 2.29. The van der Waals surface area contributed by atoms with Crippen LogP contribution in [0.5, 0.6) is 0 Å². The van der Waals surface area contributed by atoms with Crippen molar-refractivity contribution >= 4 is 78.7 Å². The third kappa shape index (κ3) is 5.79. The van der Waals surface area contributed by atoms with Gasteiger partial charge in [-0.05, 0) is 31.2 Å². The van der Waals surface area contributed by atoms with Crippen LogP contribution in [-0.4, -0.2) is 8.80 Å². The molecule has 0 unspecified atom stereocenters. The van der Waals surface area contributed by atoms with Gasteiger partial charge in [0.05, 0.1) is 33.5 Å². The summed E-state index contributed by atoms with van der Waals surface area (Å²) in [7, 11) is 0. The van der Waals surface area contributed by atoms with E-state index in [1.165, 1.54) is 65.6 Å². The van der Waals surface area contributed by atoms with Gasteiger partial charge in [0.1, 0.15) is 0 Å². The summed E-state index contributed by atoms with van der Waals surface area (Å²) in [5.41, 5.74) is 9.52. The van der Waals surface area contributed by atoms with Gasteiger partial charge in [-0.1, -0.05) is 157 Å². The van der Waals surface area contributed by atoms with Gasteiger partial charge in [0.2, 0.25) is 0 Å². The summed E-state index contributed by atoms with van der Waals surface area (Å²) in [5, 5.41) is 7.60. The first-order valence-corrected chi connectivity index (χ1v) is 17.3. The number of para-hydroxylation sites is 2. The number of hydrogen-bond donors (Lipinski definition) is 0. The van der Waals surface area contributed by atoms with Crippen LogP contribution in [0.1, 0.15) is 113 Å². The van der Waals surface area contributed by atoms with Crippen molar-refractivity contribution in [3.8, 4) is 0 Å². The molecule has 7 aromatic rings. The number of benzene rings is 3. The van der Waals surface area contributed by atoms with Crippen LogP contribution in [0.4, 0.5) is 0 Å². The molecule has 45 heavy (non-hydrogen) atoms. The lowest BCUT2D eigenvalue weighted by Crippen LogP contribution is -1.85. The quantitative estimate of drug-likeness (QED) is 0.189. The first kappa shape index (κ1) is 38.7. The van der Waals surface area contributed by atoms with E-state index >= 15 is 0 Å². The van der Waals surface area contributed by atoms with E-state index in [9.17, 15) is 0 Å². The normalized spacial score (nSPS) is 10.1. The molecular formula is C43H58N2. The first-order chi connectivity index (χ1) is 22.3. The standard InChI is InChI=1S/C31H22N2.6C2H6/c1-5-13-23-19(7-3)27-29-20-14-9-11-16-24(20)32-22(8-4)18(6-2)26(30(29)32)28-21-15-10-12-17-25(21)33(23)31(27)28;6*1-2/h5-17H,2-4H2,1H3;6*1-2H3/b13-5-;;;;;;. The van der Waals surface area contributed by atoms with Gasteiger partial charge < -0.3 is 8.80 Å². The molecule has 4 aromatic heterocycles. The summed E-state index contributed by atoms with van der Waals surface area (Å²) in [4.78, 5) is 0. The predicted octanol–water partition coefficient (Wildman–Crippen LogP) is 14.8. The maximum Gasteiger partial charge on any atom is 0.0634 e. The Kier molecular flexibility index (Phi) is 15.9. The van der Waals surface area contributed by atoms with Gasteiger partial charge in [0.25, 0.3) is 0 Å². The van der Waals surface area contributed by atoms with E-state index in [-0.39, 0.29) is 0 Å². The molecule has 0 amide bonds. The lowest BCUT2D eigenvalue weighted by Gasteiger charge is -2.04. The smallest absolute Gasteiger partial charge is 0.0634 e. The minimum atomic E-state index is 1.10. The van der Waals surface area contributed by atoms with Gasteiger partial charge in [-0.15, -0.1) is 0 Å². The van der Waals surface area contributed by atoms with Crippen molar-refractivity contribution < 1.29 is 0 Å². The molecule has 0 saturated carbocycles. The van der Waals surface area contributed by atoms with Crippen molar-refractivity contribution in [1.82, 2.24) is 8.80 Å². The Morgan fingerprint density at radius 3 is 1.18 bits per heavy atom. The highest BCUT2D eigenvalue weighted by atomic mass is 15.0. The predicted molar refractivity (Wildman–Crippen MR) is 214 cm³/mol. The largest absolute Gasteiger partial charge is 0.308 e. The van der Waals surface area contributed by atoms with Crippen molar-refractivity contribution in [1.29, 1.82) is 0 Å². The van der Waals surface area contributed by atoms with E-state index < -0.39 is 0 Å². The molecule has 0 aliphatic carbocycles. The summed E-state index contributed by atoms with van der Waals surface area (Å²) >= 11 is 0. The summed E-state index contributed by atoms with van der Waals surface area (Å²) < 4.78 is 4.80. The maximum atomic E-state index is 4.24. The van der Waals surface area contributed by atoms with Crippen molar-refractivity contribution in [3.63, 3.8) is 0 Å². The Balaban J connectivity index is 0.000000763. The Morgan fingerprint density at radius 2 is 0.822 bits per heavy atom. The molecule has 0 aliphatic rings. The highest BCUT2D eigenvalue weighted by Crippen LogP contribution is 2.51. The van der Waals surface area contributed by atoms with Crippen LogP contribution >= 0.6 is 0 Å². The second-order valence-electron chi connectivity index (χ2n) is 8.61. The lowest BCUT2D eigenvalue weighted by atomic mass is 9.96. The third-order valence-corrected chi connectivity index (χ3v) is 7.22. The van der Waals surface area contributed by atoms with Crippen molar-refractivity contribution in [2.75, 3.05) is 0 Å². The van der Waals surface area contributed by atoms with Crippen LogP contribution in [0.15, 0.2) is 74.3 Å². The number of rotatable bonds is 4. The molecule has 2 nitrogen and oxygen atoms in total. The minimum Gasteiger partial charge on any atom is -0.308 e. The molecule has 0 fully saturated rings. The average Bonchev–Trinajstić information content (AvgIpc) is 3.86. The molecule has 0 atom stereocenters. The molecule has 240 valence electrons. The molecule has 3 aromatic carbocycles. The van der Waals surface area contributed by atoms with E-state index in [1.54, 1.807) is 0 Å². The first-order valence-electron chi connectivity index (χ1n) is 17.3. The van der Waals surface area contributed by atoms with E-state index in [4.69, 9.17) is 0 Å². The van der Waals surface area contributed by atoms with Crippen LogP contribution in [0, 0.1) is 0 Å². The van der Waals surface area contributed by atoms with Crippen LogP contribution in [0.2, 0.25) is 0 Å². The Bertz CT molecular complexity index is 1970. The van der Waals surface area contributed by atoms with Crippen LogP contribution in [0.3, 0.4) is 0 Å². The van der Waals surface area contributed by atoms with E-state index in [0.717, 1.165) is 11.3 Å². The molecule has 2 heteroatoms. The Morgan fingerprint density at radius 1 is 0.467 bits per heavy atom. The highest BCUT2D eigenvalue weighted by molar-refractivity contribution is 6.39. The zero-order chi connectivity index (χ0) is 34.4. The monoisotopic (exact) mass is 602 g/mol. The fourth-order valence-electron chi connectivity index (χ4n) is 6.15. The molecule has 0 N–H and O–H groups in total. The fourth-order valence-corrected chi connectivity index (χ4v) is 6.15. The molecule has 0 radical (unpaired) electrons. The van der Waals surface area contributed by atoms with Crippen molar-refractivity contribution in [3.05, 3.63) is 96.9 Å². The van der Waals surface area contributed by atoms with E-state index in [2.05, 4.69) is 96.1 Å². The van der Waals surface area contributed by atoms with Gasteiger partial charge in [-0.2, -0.15) is 0 Å². The lowest BCUT2D eigenvalue weighted by molar-refractivity contribution is 1.26. The van der Waals surface area contributed by atoms with Gasteiger partial charge in [-0.25, -0.2) is 0 Å². The van der Waals surface area contributed by atoms with Crippen LogP contribution in [0.25, 0.3) is 78.7 Å². The number of allylic oxidation sites excluding steroid dienone is 1. The summed E-state index contributed by atoms with van der Waals surface area (Å²) in [6.07, 6.45) is 10.3. The van der Waals surface area contributed by atoms with Gasteiger partial charge >= 0.3 is 0 Å². The maximum absolute atomic E-state index is 4.24. The second kappa shape index (κ2) is 18.5. The number of hydrogen-bond acceptors (Lipinski definition) is 0.